The van der Waals surface area contributed by atoms with Gasteiger partial charge in [-0.15, -0.1) is 0 Å². The minimum absolute atomic E-state index is 0.382. The average molecular weight is 325 g/mol. The second-order valence-corrected chi connectivity index (χ2v) is 5.56. The molecule has 0 amide bonds. The molecule has 0 fully saturated rings. The maximum atomic E-state index is 6.26. The Morgan fingerprint density at radius 2 is 2.10 bits per heavy atom. The minimum Gasteiger partial charge on any atom is -0.485 e. The molecule has 2 rings (SSSR count). The molecule has 0 aliphatic carbocycles. The lowest BCUT2D eigenvalue weighted by Gasteiger charge is -2.14. The third-order valence-corrected chi connectivity index (χ3v) is 3.62. The largest absolute Gasteiger partial charge is 0.485 e. The molecule has 21 heavy (non-hydrogen) atoms. The van der Waals surface area contributed by atoms with Crippen LogP contribution in [0.25, 0.3) is 0 Å². The number of rotatable bonds is 6. The van der Waals surface area contributed by atoms with Gasteiger partial charge in [-0.05, 0) is 37.2 Å². The molecule has 0 radical (unpaired) electrons. The zero-order valence-corrected chi connectivity index (χ0v) is 13.6. The van der Waals surface area contributed by atoms with Crippen LogP contribution in [0, 0.1) is 6.92 Å². The van der Waals surface area contributed by atoms with Crippen LogP contribution in [0.4, 0.5) is 0 Å². The summed E-state index contributed by atoms with van der Waals surface area (Å²) in [5.41, 5.74) is 2.94. The molecule has 0 aliphatic heterocycles. The highest BCUT2D eigenvalue weighted by Gasteiger charge is 2.11. The van der Waals surface area contributed by atoms with Crippen LogP contribution < -0.4 is 10.1 Å². The van der Waals surface area contributed by atoms with Crippen molar-refractivity contribution in [1.29, 1.82) is 0 Å². The van der Waals surface area contributed by atoms with Gasteiger partial charge in [-0.1, -0.05) is 36.2 Å². The van der Waals surface area contributed by atoms with Crippen molar-refractivity contribution in [1.82, 2.24) is 10.3 Å². The summed E-state index contributed by atoms with van der Waals surface area (Å²) in [6, 6.07) is 7.48. The van der Waals surface area contributed by atoms with E-state index in [0.29, 0.717) is 28.9 Å². The zero-order chi connectivity index (χ0) is 15.2. The predicted molar refractivity (Wildman–Crippen MR) is 87.1 cm³/mol. The van der Waals surface area contributed by atoms with Gasteiger partial charge in [0, 0.05) is 23.3 Å². The summed E-state index contributed by atoms with van der Waals surface area (Å²) in [7, 11) is 0. The van der Waals surface area contributed by atoms with Gasteiger partial charge in [0.1, 0.15) is 12.4 Å². The van der Waals surface area contributed by atoms with E-state index >= 15 is 0 Å². The first-order valence-electron chi connectivity index (χ1n) is 6.83. The average Bonchev–Trinajstić information content (AvgIpc) is 2.45. The smallest absolute Gasteiger partial charge is 0.143 e. The zero-order valence-electron chi connectivity index (χ0n) is 12.1. The first-order valence-corrected chi connectivity index (χ1v) is 7.59. The van der Waals surface area contributed by atoms with Crippen molar-refractivity contribution in [2.75, 3.05) is 6.54 Å². The Morgan fingerprint density at radius 1 is 1.29 bits per heavy atom. The van der Waals surface area contributed by atoms with Gasteiger partial charge < -0.3 is 10.1 Å². The summed E-state index contributed by atoms with van der Waals surface area (Å²) in [5, 5.41) is 4.38. The molecule has 1 aromatic carbocycles. The van der Waals surface area contributed by atoms with Gasteiger partial charge in [-0.2, -0.15) is 0 Å². The maximum absolute atomic E-state index is 6.26. The van der Waals surface area contributed by atoms with E-state index in [2.05, 4.69) is 10.3 Å². The number of nitrogens with zero attached hydrogens (tertiary/aromatic N) is 1. The quantitative estimate of drug-likeness (QED) is 0.855. The van der Waals surface area contributed by atoms with E-state index in [1.165, 1.54) is 0 Å². The highest BCUT2D eigenvalue weighted by Crippen LogP contribution is 2.33. The third-order valence-electron chi connectivity index (χ3n) is 3.12. The molecule has 0 saturated heterocycles. The summed E-state index contributed by atoms with van der Waals surface area (Å²) in [6.45, 7) is 5.96. The number of hydrogen-bond acceptors (Lipinski definition) is 3. The van der Waals surface area contributed by atoms with Crippen molar-refractivity contribution >= 4 is 23.2 Å². The van der Waals surface area contributed by atoms with Crippen molar-refractivity contribution in [2.45, 2.75) is 27.0 Å². The van der Waals surface area contributed by atoms with E-state index in [9.17, 15) is 0 Å². The summed E-state index contributed by atoms with van der Waals surface area (Å²) in [6.07, 6.45) is 1.76. The molecular weight excluding hydrogens is 307 g/mol. The molecule has 1 N–H and O–H groups in total. The van der Waals surface area contributed by atoms with Gasteiger partial charge in [0.2, 0.25) is 0 Å². The fraction of sp³-hybridized carbons (Fsp3) is 0.312. The lowest BCUT2D eigenvalue weighted by molar-refractivity contribution is 0.297. The SMILES string of the molecule is CCNCc1cc(Cl)cc(Cl)c1OCc1ncccc1C. The van der Waals surface area contributed by atoms with Crippen molar-refractivity contribution in [3.8, 4) is 5.75 Å². The number of aryl methyl sites for hydroxylation is 1. The number of aromatic nitrogens is 1. The van der Waals surface area contributed by atoms with Crippen LogP contribution in [-0.4, -0.2) is 11.5 Å². The Balaban J connectivity index is 2.20. The number of pyridine rings is 1. The van der Waals surface area contributed by atoms with Gasteiger partial charge in [0.05, 0.1) is 10.7 Å². The van der Waals surface area contributed by atoms with Crippen LogP contribution in [0.15, 0.2) is 30.5 Å². The van der Waals surface area contributed by atoms with Gasteiger partial charge in [0.25, 0.3) is 0 Å². The van der Waals surface area contributed by atoms with E-state index in [4.69, 9.17) is 27.9 Å². The van der Waals surface area contributed by atoms with Gasteiger partial charge in [-0.3, -0.25) is 4.98 Å². The lowest BCUT2D eigenvalue weighted by Crippen LogP contribution is -2.13. The summed E-state index contributed by atoms with van der Waals surface area (Å²) in [4.78, 5) is 4.32. The molecule has 0 saturated carbocycles. The molecule has 0 aliphatic rings. The molecule has 5 heteroatoms. The number of hydrogen-bond donors (Lipinski definition) is 1. The van der Waals surface area contributed by atoms with E-state index in [0.717, 1.165) is 23.4 Å². The Hall–Kier alpha value is -1.29. The van der Waals surface area contributed by atoms with Crippen molar-refractivity contribution in [2.24, 2.45) is 0 Å². The Labute approximate surface area is 135 Å². The molecule has 3 nitrogen and oxygen atoms in total. The van der Waals surface area contributed by atoms with Crippen LogP contribution >= 0.6 is 23.2 Å². The molecule has 0 atom stereocenters. The van der Waals surface area contributed by atoms with E-state index in [1.54, 1.807) is 12.3 Å². The Morgan fingerprint density at radius 3 is 2.81 bits per heavy atom. The van der Waals surface area contributed by atoms with Crippen LogP contribution in [0.2, 0.25) is 10.0 Å². The highest BCUT2D eigenvalue weighted by molar-refractivity contribution is 6.35. The summed E-state index contributed by atoms with van der Waals surface area (Å²) in [5.74, 6) is 0.659. The molecular formula is C16H18Cl2N2O. The second kappa shape index (κ2) is 7.64. The van der Waals surface area contributed by atoms with E-state index in [1.807, 2.05) is 32.0 Å². The van der Waals surface area contributed by atoms with Crippen LogP contribution in [0.1, 0.15) is 23.7 Å². The summed E-state index contributed by atoms with van der Waals surface area (Å²) >= 11 is 12.3. The van der Waals surface area contributed by atoms with Gasteiger partial charge in [0.15, 0.2) is 0 Å². The number of ether oxygens (including phenoxy) is 1. The van der Waals surface area contributed by atoms with Crippen molar-refractivity contribution < 1.29 is 4.74 Å². The van der Waals surface area contributed by atoms with E-state index in [-0.39, 0.29) is 0 Å². The van der Waals surface area contributed by atoms with Gasteiger partial charge in [-0.25, -0.2) is 0 Å². The minimum atomic E-state index is 0.382. The topological polar surface area (TPSA) is 34.1 Å². The van der Waals surface area contributed by atoms with E-state index < -0.39 is 0 Å². The lowest BCUT2D eigenvalue weighted by atomic mass is 10.2. The normalized spacial score (nSPS) is 10.7. The molecule has 0 unspecified atom stereocenters. The second-order valence-electron chi connectivity index (χ2n) is 4.71. The fourth-order valence-electron chi connectivity index (χ4n) is 1.98. The van der Waals surface area contributed by atoms with Crippen molar-refractivity contribution in [3.63, 3.8) is 0 Å². The number of nitrogens with one attached hydrogen (secondary N) is 1. The highest BCUT2D eigenvalue weighted by atomic mass is 35.5. The third kappa shape index (κ3) is 4.34. The first-order chi connectivity index (χ1) is 10.1. The molecule has 0 bridgehead atoms. The fourth-order valence-corrected chi connectivity index (χ4v) is 2.57. The predicted octanol–water partition coefficient (Wildman–Crippen LogP) is 4.39. The molecule has 0 spiro atoms. The van der Waals surface area contributed by atoms with Crippen LogP contribution in [0.5, 0.6) is 5.75 Å². The Kier molecular flexibility index (Phi) is 5.85. The molecule has 112 valence electrons. The Bertz CT molecular complexity index is 617. The maximum Gasteiger partial charge on any atom is 0.143 e. The number of benzene rings is 1. The van der Waals surface area contributed by atoms with Crippen molar-refractivity contribution in [3.05, 3.63) is 57.3 Å². The molecule has 2 aromatic rings. The number of halogens is 2. The van der Waals surface area contributed by atoms with Gasteiger partial charge >= 0.3 is 0 Å². The summed E-state index contributed by atoms with van der Waals surface area (Å²) < 4.78 is 5.89. The molecule has 1 aromatic heterocycles. The first kappa shape index (κ1) is 16.1. The van der Waals surface area contributed by atoms with Crippen LogP contribution in [-0.2, 0) is 13.2 Å². The standard InChI is InChI=1S/C16H18Cl2N2O/c1-3-19-9-12-7-13(17)8-14(18)16(12)21-10-15-11(2)5-4-6-20-15/h4-8,19H,3,9-10H2,1-2H3. The molecule has 1 heterocycles. The van der Waals surface area contributed by atoms with Crippen LogP contribution in [0.3, 0.4) is 0 Å². The monoisotopic (exact) mass is 324 g/mol.